The van der Waals surface area contributed by atoms with Gasteiger partial charge in [-0.15, -0.1) is 0 Å². The maximum absolute atomic E-state index is 12.5. The Morgan fingerprint density at radius 3 is 2.33 bits per heavy atom. The van der Waals surface area contributed by atoms with E-state index in [1.165, 1.54) is 0 Å². The third kappa shape index (κ3) is 8.14. The van der Waals surface area contributed by atoms with Crippen LogP contribution in [0, 0.1) is 6.92 Å². The van der Waals surface area contributed by atoms with Gasteiger partial charge >= 0.3 is 6.18 Å². The zero-order valence-corrected chi connectivity index (χ0v) is 16.7. The summed E-state index contributed by atoms with van der Waals surface area (Å²) in [6, 6.07) is 11.7. The molecule has 0 fully saturated rings. The van der Waals surface area contributed by atoms with Crippen molar-refractivity contribution in [2.24, 2.45) is 0 Å². The zero-order chi connectivity index (χ0) is 22.0. The molecule has 0 aliphatic heterocycles. The van der Waals surface area contributed by atoms with Crippen LogP contribution < -0.4 is 15.4 Å². The highest BCUT2D eigenvalue weighted by molar-refractivity contribution is 5.94. The van der Waals surface area contributed by atoms with Crippen LogP contribution in [0.25, 0.3) is 0 Å². The van der Waals surface area contributed by atoms with Crippen molar-refractivity contribution in [2.75, 3.05) is 19.7 Å². The van der Waals surface area contributed by atoms with E-state index in [9.17, 15) is 22.8 Å². The number of nitrogens with one attached hydrogen (secondary N) is 2. The molecule has 0 aliphatic rings. The summed E-state index contributed by atoms with van der Waals surface area (Å²) in [7, 11) is 0. The van der Waals surface area contributed by atoms with E-state index in [2.05, 4.69) is 10.6 Å². The number of carbonyl (C=O) groups is 2. The van der Waals surface area contributed by atoms with Crippen LogP contribution in [0.5, 0.6) is 5.75 Å². The van der Waals surface area contributed by atoms with E-state index in [0.29, 0.717) is 19.4 Å². The molecule has 0 heterocycles. The van der Waals surface area contributed by atoms with E-state index in [0.717, 1.165) is 42.0 Å². The molecule has 8 heteroatoms. The number of carbonyl (C=O) groups excluding carboxylic acids is 2. The van der Waals surface area contributed by atoms with Crippen molar-refractivity contribution in [2.45, 2.75) is 32.4 Å². The molecule has 0 atom stereocenters. The first-order valence-electron chi connectivity index (χ1n) is 9.67. The van der Waals surface area contributed by atoms with Gasteiger partial charge in [0.1, 0.15) is 5.75 Å². The normalized spacial score (nSPS) is 11.1. The number of alkyl halides is 3. The molecule has 0 aliphatic carbocycles. The molecule has 0 saturated heterocycles. The monoisotopic (exact) mass is 422 g/mol. The summed E-state index contributed by atoms with van der Waals surface area (Å²) >= 11 is 0. The Morgan fingerprint density at radius 2 is 1.67 bits per heavy atom. The fourth-order valence-electron chi connectivity index (χ4n) is 2.66. The number of amides is 2. The van der Waals surface area contributed by atoms with Crippen LogP contribution in [-0.2, 0) is 11.0 Å². The van der Waals surface area contributed by atoms with Crippen molar-refractivity contribution in [3.05, 3.63) is 65.2 Å². The van der Waals surface area contributed by atoms with Crippen molar-refractivity contribution < 1.29 is 27.5 Å². The lowest BCUT2D eigenvalue weighted by atomic mass is 10.1. The van der Waals surface area contributed by atoms with Gasteiger partial charge in [0, 0.05) is 25.1 Å². The van der Waals surface area contributed by atoms with Gasteiger partial charge in [-0.1, -0.05) is 12.1 Å². The lowest BCUT2D eigenvalue weighted by molar-refractivity contribution is -0.137. The average Bonchev–Trinajstić information content (AvgIpc) is 2.70. The lowest BCUT2D eigenvalue weighted by Gasteiger charge is -2.09. The number of ether oxygens (including phenoxy) is 1. The van der Waals surface area contributed by atoms with Crippen LogP contribution in [0.2, 0.25) is 0 Å². The summed E-state index contributed by atoms with van der Waals surface area (Å²) in [4.78, 5) is 23.7. The van der Waals surface area contributed by atoms with Gasteiger partial charge in [0.05, 0.1) is 12.2 Å². The number of halogens is 3. The van der Waals surface area contributed by atoms with Crippen LogP contribution >= 0.6 is 0 Å². The predicted octanol–water partition coefficient (Wildman–Crippen LogP) is 4.11. The second-order valence-corrected chi connectivity index (χ2v) is 6.80. The summed E-state index contributed by atoms with van der Waals surface area (Å²) in [6.07, 6.45) is -2.67. The Hall–Kier alpha value is -3.03. The van der Waals surface area contributed by atoms with E-state index in [1.807, 2.05) is 31.2 Å². The summed E-state index contributed by atoms with van der Waals surface area (Å²) in [5, 5.41) is 5.25. The van der Waals surface area contributed by atoms with Gasteiger partial charge in [-0.25, -0.2) is 0 Å². The van der Waals surface area contributed by atoms with Crippen molar-refractivity contribution in [1.29, 1.82) is 0 Å². The summed E-state index contributed by atoms with van der Waals surface area (Å²) in [5.41, 5.74) is 0.441. The highest BCUT2D eigenvalue weighted by Crippen LogP contribution is 2.29. The Morgan fingerprint density at radius 1 is 0.967 bits per heavy atom. The quantitative estimate of drug-likeness (QED) is 0.567. The molecule has 0 bridgehead atoms. The molecule has 2 N–H and O–H groups in total. The first-order valence-corrected chi connectivity index (χ1v) is 9.67. The van der Waals surface area contributed by atoms with E-state index >= 15 is 0 Å². The number of rotatable bonds is 10. The smallest absolute Gasteiger partial charge is 0.416 e. The predicted molar refractivity (Wildman–Crippen MR) is 107 cm³/mol. The first-order chi connectivity index (χ1) is 14.3. The molecule has 2 rings (SSSR count). The number of benzene rings is 2. The first kappa shape index (κ1) is 23.3. The summed E-state index contributed by atoms with van der Waals surface area (Å²) in [6.45, 7) is 2.94. The molecular formula is C22H25F3N2O3. The Bertz CT molecular complexity index is 836. The van der Waals surface area contributed by atoms with Gasteiger partial charge in [-0.05, 0) is 61.7 Å². The van der Waals surface area contributed by atoms with E-state index in [-0.39, 0.29) is 24.6 Å². The summed E-state index contributed by atoms with van der Waals surface area (Å²) < 4.78 is 43.2. The van der Waals surface area contributed by atoms with Crippen molar-refractivity contribution in [3.8, 4) is 5.75 Å². The second-order valence-electron chi connectivity index (χ2n) is 6.80. The molecule has 2 aromatic rings. The van der Waals surface area contributed by atoms with E-state index < -0.39 is 17.6 Å². The fourth-order valence-corrected chi connectivity index (χ4v) is 2.66. The number of unbranched alkanes of at least 4 members (excludes halogenated alkanes) is 1. The van der Waals surface area contributed by atoms with Crippen LogP contribution in [0.3, 0.4) is 0 Å². The fraction of sp³-hybridized carbons (Fsp3) is 0.364. The standard InChI is InChI=1S/C22H25F3N2O3/c1-16-5-4-6-19(15-16)30-14-3-2-7-20(28)26-12-13-27-21(29)17-8-10-18(11-9-17)22(23,24)25/h4-6,8-11,15H,2-3,7,12-14H2,1H3,(H,26,28)(H,27,29). The molecule has 0 radical (unpaired) electrons. The van der Waals surface area contributed by atoms with Gasteiger partial charge in [0.2, 0.25) is 5.91 Å². The molecule has 2 amide bonds. The molecule has 162 valence electrons. The van der Waals surface area contributed by atoms with Gasteiger partial charge in [0.25, 0.3) is 5.91 Å². The van der Waals surface area contributed by atoms with Gasteiger partial charge in [-0.2, -0.15) is 13.2 Å². The minimum atomic E-state index is -4.44. The van der Waals surface area contributed by atoms with Crippen LogP contribution in [-0.4, -0.2) is 31.5 Å². The van der Waals surface area contributed by atoms with Gasteiger partial charge < -0.3 is 15.4 Å². The Labute approximate surface area is 173 Å². The largest absolute Gasteiger partial charge is 0.494 e. The second kappa shape index (κ2) is 11.2. The topological polar surface area (TPSA) is 67.4 Å². The molecule has 0 saturated carbocycles. The highest BCUT2D eigenvalue weighted by atomic mass is 19.4. The third-order valence-electron chi connectivity index (χ3n) is 4.26. The average molecular weight is 422 g/mol. The molecule has 5 nitrogen and oxygen atoms in total. The van der Waals surface area contributed by atoms with Crippen molar-refractivity contribution >= 4 is 11.8 Å². The lowest BCUT2D eigenvalue weighted by Crippen LogP contribution is -2.34. The molecule has 0 spiro atoms. The molecular weight excluding hydrogens is 397 g/mol. The minimum absolute atomic E-state index is 0.128. The van der Waals surface area contributed by atoms with Crippen LogP contribution in [0.4, 0.5) is 13.2 Å². The maximum atomic E-state index is 12.5. The number of hydrogen-bond acceptors (Lipinski definition) is 3. The highest BCUT2D eigenvalue weighted by Gasteiger charge is 2.30. The summed E-state index contributed by atoms with van der Waals surface area (Å²) in [5.74, 6) is 0.184. The zero-order valence-electron chi connectivity index (χ0n) is 16.7. The number of aryl methyl sites for hydroxylation is 1. The molecule has 0 unspecified atom stereocenters. The van der Waals surface area contributed by atoms with Crippen molar-refractivity contribution in [1.82, 2.24) is 10.6 Å². The third-order valence-corrected chi connectivity index (χ3v) is 4.26. The molecule has 2 aromatic carbocycles. The minimum Gasteiger partial charge on any atom is -0.494 e. The van der Waals surface area contributed by atoms with Gasteiger partial charge in [0.15, 0.2) is 0 Å². The van der Waals surface area contributed by atoms with Crippen LogP contribution in [0.1, 0.15) is 40.7 Å². The maximum Gasteiger partial charge on any atom is 0.416 e. The SMILES string of the molecule is Cc1cccc(OCCCCC(=O)NCCNC(=O)c2ccc(C(F)(F)F)cc2)c1. The van der Waals surface area contributed by atoms with E-state index in [1.54, 1.807) is 0 Å². The Kier molecular flexibility index (Phi) is 8.70. The molecule has 30 heavy (non-hydrogen) atoms. The number of hydrogen-bond donors (Lipinski definition) is 2. The Balaban J connectivity index is 1.55. The molecule has 0 aromatic heterocycles. The van der Waals surface area contributed by atoms with Crippen LogP contribution in [0.15, 0.2) is 48.5 Å². The van der Waals surface area contributed by atoms with E-state index in [4.69, 9.17) is 4.74 Å². The van der Waals surface area contributed by atoms with Gasteiger partial charge in [-0.3, -0.25) is 9.59 Å². The van der Waals surface area contributed by atoms with Crippen molar-refractivity contribution in [3.63, 3.8) is 0 Å².